The third-order valence-electron chi connectivity index (χ3n) is 7.18. The number of nitrogens with two attached hydrogens (primary N) is 1. The van der Waals surface area contributed by atoms with Gasteiger partial charge in [0.05, 0.1) is 4.92 Å². The summed E-state index contributed by atoms with van der Waals surface area (Å²) in [6, 6.07) is 4.94. The van der Waals surface area contributed by atoms with Crippen LogP contribution in [0.15, 0.2) is 18.2 Å². The second-order valence-corrected chi connectivity index (χ2v) is 9.34. The van der Waals surface area contributed by atoms with E-state index in [0.29, 0.717) is 37.4 Å². The molecule has 2 aliphatic carbocycles. The van der Waals surface area contributed by atoms with E-state index in [1.54, 1.807) is 12.1 Å². The molecule has 9 nitrogen and oxygen atoms in total. The number of carbonyl (C=O) groups excluding carboxylic acids is 2. The first kappa shape index (κ1) is 22.5. The number of amides is 2. The zero-order chi connectivity index (χ0) is 22.7. The highest BCUT2D eigenvalue weighted by Gasteiger charge is 2.31. The maximum absolute atomic E-state index is 12.7. The number of nitrogens with one attached hydrogen (secondary N) is 1. The highest BCUT2D eigenvalue weighted by molar-refractivity contribution is 5.96. The molecular formula is C23H33N5O4. The van der Waals surface area contributed by atoms with Gasteiger partial charge in [-0.1, -0.05) is 12.8 Å². The van der Waals surface area contributed by atoms with E-state index >= 15 is 0 Å². The van der Waals surface area contributed by atoms with Gasteiger partial charge in [-0.25, -0.2) is 0 Å². The van der Waals surface area contributed by atoms with Gasteiger partial charge in [0, 0.05) is 55.8 Å². The Balaban J connectivity index is 1.40. The zero-order valence-electron chi connectivity index (χ0n) is 18.5. The zero-order valence-corrected chi connectivity index (χ0v) is 18.5. The van der Waals surface area contributed by atoms with E-state index in [9.17, 15) is 19.7 Å². The summed E-state index contributed by atoms with van der Waals surface area (Å²) in [5.41, 5.74) is 6.65. The van der Waals surface area contributed by atoms with Crippen molar-refractivity contribution in [2.75, 3.05) is 31.1 Å². The lowest BCUT2D eigenvalue weighted by atomic mass is 9.91. The first-order valence-corrected chi connectivity index (χ1v) is 11.8. The van der Waals surface area contributed by atoms with Gasteiger partial charge in [-0.15, -0.1) is 0 Å². The summed E-state index contributed by atoms with van der Waals surface area (Å²) in [5, 5.41) is 14.8. The van der Waals surface area contributed by atoms with Gasteiger partial charge in [0.1, 0.15) is 5.69 Å². The minimum atomic E-state index is -0.429. The number of nitrogens with zero attached hydrogens (tertiary/aromatic N) is 3. The van der Waals surface area contributed by atoms with Crippen molar-refractivity contribution in [2.45, 2.75) is 63.5 Å². The van der Waals surface area contributed by atoms with Crippen LogP contribution >= 0.6 is 0 Å². The van der Waals surface area contributed by atoms with Gasteiger partial charge in [-0.3, -0.25) is 19.7 Å². The molecule has 1 saturated heterocycles. The maximum atomic E-state index is 12.7. The van der Waals surface area contributed by atoms with E-state index in [1.165, 1.54) is 6.07 Å². The molecule has 1 aromatic rings. The van der Waals surface area contributed by atoms with Gasteiger partial charge >= 0.3 is 0 Å². The number of nitro groups is 1. The summed E-state index contributed by atoms with van der Waals surface area (Å²) in [5.74, 6) is 0.0908. The fraction of sp³-hybridized carbons (Fsp3) is 0.652. The Morgan fingerprint density at radius 3 is 2.28 bits per heavy atom. The molecule has 0 radical (unpaired) electrons. The fourth-order valence-electron chi connectivity index (χ4n) is 5.21. The number of nitro benzene ring substituents is 1. The number of anilines is 1. The summed E-state index contributed by atoms with van der Waals surface area (Å²) < 4.78 is 0. The lowest BCUT2D eigenvalue weighted by Gasteiger charge is -2.37. The lowest BCUT2D eigenvalue weighted by molar-refractivity contribution is -0.384. The lowest BCUT2D eigenvalue weighted by Crippen LogP contribution is -2.50. The molecule has 174 valence electrons. The minimum Gasteiger partial charge on any atom is -0.362 e. The molecule has 0 aromatic heterocycles. The molecule has 9 heteroatoms. The van der Waals surface area contributed by atoms with Gasteiger partial charge in [0.2, 0.25) is 5.91 Å². The van der Waals surface area contributed by atoms with Crippen LogP contribution in [-0.2, 0) is 4.79 Å². The molecule has 2 amide bonds. The Labute approximate surface area is 188 Å². The molecule has 0 spiro atoms. The Morgan fingerprint density at radius 2 is 1.66 bits per heavy atom. The quantitative estimate of drug-likeness (QED) is 0.532. The number of hydrogen-bond donors (Lipinski definition) is 2. The molecule has 32 heavy (non-hydrogen) atoms. The Morgan fingerprint density at radius 1 is 1.00 bits per heavy atom. The van der Waals surface area contributed by atoms with Crippen molar-refractivity contribution in [3.8, 4) is 0 Å². The minimum absolute atomic E-state index is 0.0616. The summed E-state index contributed by atoms with van der Waals surface area (Å²) in [4.78, 5) is 40.5. The van der Waals surface area contributed by atoms with Gasteiger partial charge in [0.25, 0.3) is 11.6 Å². The van der Waals surface area contributed by atoms with Crippen LogP contribution in [0.3, 0.4) is 0 Å². The van der Waals surface area contributed by atoms with Gasteiger partial charge < -0.3 is 20.9 Å². The standard InChI is InChI=1S/C23H33N5O4/c24-18-6-8-19(9-7-18)25-22(29)17-5-10-20(21(15-17)28(31)32)26-11-13-27(14-12-26)23(30)16-3-1-2-4-16/h5,10,15-16,18-19H,1-4,6-9,11-14,24H2,(H,25,29). The average molecular weight is 444 g/mol. The number of hydrogen-bond acceptors (Lipinski definition) is 6. The molecule has 0 atom stereocenters. The molecule has 0 bridgehead atoms. The van der Waals surface area contributed by atoms with Gasteiger partial charge in [-0.2, -0.15) is 0 Å². The Hall–Kier alpha value is -2.68. The topological polar surface area (TPSA) is 122 Å². The monoisotopic (exact) mass is 443 g/mol. The molecule has 2 saturated carbocycles. The number of piperazine rings is 1. The van der Waals surface area contributed by atoms with Crippen molar-refractivity contribution in [2.24, 2.45) is 11.7 Å². The normalized spacial score (nSPS) is 24.4. The molecule has 0 unspecified atom stereocenters. The average Bonchev–Trinajstić information content (AvgIpc) is 3.35. The van der Waals surface area contributed by atoms with Crippen LogP contribution in [0.4, 0.5) is 11.4 Å². The molecule has 1 aliphatic heterocycles. The maximum Gasteiger partial charge on any atom is 0.293 e. The molecule has 3 aliphatic rings. The molecule has 1 heterocycles. The van der Waals surface area contributed by atoms with E-state index in [0.717, 1.165) is 51.4 Å². The summed E-state index contributed by atoms with van der Waals surface area (Å²) in [6.45, 7) is 2.23. The Kier molecular flexibility index (Phi) is 6.93. The molecule has 3 N–H and O–H groups in total. The van der Waals surface area contributed by atoms with E-state index < -0.39 is 4.92 Å². The van der Waals surface area contributed by atoms with Crippen LogP contribution in [0, 0.1) is 16.0 Å². The Bertz CT molecular complexity index is 854. The van der Waals surface area contributed by atoms with Crippen LogP contribution in [0.25, 0.3) is 0 Å². The number of carbonyl (C=O) groups is 2. The first-order valence-electron chi connectivity index (χ1n) is 11.8. The van der Waals surface area contributed by atoms with Crippen molar-refractivity contribution in [1.82, 2.24) is 10.2 Å². The number of rotatable bonds is 5. The summed E-state index contributed by atoms with van der Waals surface area (Å²) in [6.07, 6.45) is 7.60. The van der Waals surface area contributed by atoms with Gasteiger partial charge in [0.15, 0.2) is 0 Å². The third-order valence-corrected chi connectivity index (χ3v) is 7.18. The predicted octanol–water partition coefficient (Wildman–Crippen LogP) is 2.43. The van der Waals surface area contributed by atoms with Crippen LogP contribution in [0.1, 0.15) is 61.7 Å². The second kappa shape index (κ2) is 9.85. The predicted molar refractivity (Wildman–Crippen MR) is 122 cm³/mol. The van der Waals surface area contributed by atoms with Crippen molar-refractivity contribution < 1.29 is 14.5 Å². The molecule has 3 fully saturated rings. The van der Waals surface area contributed by atoms with E-state index in [-0.39, 0.29) is 35.5 Å². The van der Waals surface area contributed by atoms with Crippen LogP contribution in [0.2, 0.25) is 0 Å². The van der Waals surface area contributed by atoms with Crippen molar-refractivity contribution in [1.29, 1.82) is 0 Å². The van der Waals surface area contributed by atoms with Gasteiger partial charge in [-0.05, 0) is 50.7 Å². The SMILES string of the molecule is NC1CCC(NC(=O)c2ccc(N3CCN(C(=O)C4CCCC4)CC3)c([N+](=O)[O-])c2)CC1. The van der Waals surface area contributed by atoms with Crippen LogP contribution in [-0.4, -0.2) is 59.9 Å². The van der Waals surface area contributed by atoms with Crippen molar-refractivity contribution >= 4 is 23.2 Å². The van der Waals surface area contributed by atoms with Crippen LogP contribution < -0.4 is 16.0 Å². The molecule has 1 aromatic carbocycles. The van der Waals surface area contributed by atoms with Crippen molar-refractivity contribution in [3.63, 3.8) is 0 Å². The van der Waals surface area contributed by atoms with Crippen molar-refractivity contribution in [3.05, 3.63) is 33.9 Å². The highest BCUT2D eigenvalue weighted by Crippen LogP contribution is 2.32. The molecule has 4 rings (SSSR count). The third kappa shape index (κ3) is 5.03. The van der Waals surface area contributed by atoms with E-state index in [2.05, 4.69) is 5.32 Å². The second-order valence-electron chi connectivity index (χ2n) is 9.34. The summed E-state index contributed by atoms with van der Waals surface area (Å²) >= 11 is 0. The fourth-order valence-corrected chi connectivity index (χ4v) is 5.21. The van der Waals surface area contributed by atoms with E-state index in [1.807, 2.05) is 9.80 Å². The highest BCUT2D eigenvalue weighted by atomic mass is 16.6. The van der Waals surface area contributed by atoms with E-state index in [4.69, 9.17) is 5.73 Å². The molecular weight excluding hydrogens is 410 g/mol. The summed E-state index contributed by atoms with van der Waals surface area (Å²) in [7, 11) is 0. The smallest absolute Gasteiger partial charge is 0.293 e. The number of benzene rings is 1. The van der Waals surface area contributed by atoms with Crippen LogP contribution in [0.5, 0.6) is 0 Å². The largest absolute Gasteiger partial charge is 0.362 e. The first-order chi connectivity index (χ1) is 15.4.